The smallest absolute Gasteiger partial charge is 0.230 e. The zero-order chi connectivity index (χ0) is 17.4. The Morgan fingerprint density at radius 1 is 1.04 bits per heavy atom. The number of rotatable bonds is 3. The number of carbonyl (C=O) groups excluding carboxylic acids is 1. The molecular weight excluding hydrogens is 322 g/mol. The molecule has 25 heavy (non-hydrogen) atoms. The van der Waals surface area contributed by atoms with Crippen molar-refractivity contribution in [2.45, 2.75) is 57.5 Å². The van der Waals surface area contributed by atoms with E-state index in [9.17, 15) is 13.6 Å². The van der Waals surface area contributed by atoms with Crippen LogP contribution in [0.25, 0.3) is 0 Å². The zero-order valence-electron chi connectivity index (χ0n) is 14.6. The Morgan fingerprint density at radius 2 is 1.84 bits per heavy atom. The average molecular weight is 348 g/mol. The molecule has 3 fully saturated rings. The van der Waals surface area contributed by atoms with Crippen LogP contribution in [0.15, 0.2) is 18.2 Å². The quantitative estimate of drug-likeness (QED) is 0.831. The fourth-order valence-electron chi connectivity index (χ4n) is 5.03. The zero-order valence-corrected chi connectivity index (χ0v) is 14.6. The first-order valence-electron chi connectivity index (χ1n) is 9.55. The Kier molecular flexibility index (Phi) is 4.52. The molecular formula is C20H26F2N2O. The highest BCUT2D eigenvalue weighted by molar-refractivity contribution is 5.84. The van der Waals surface area contributed by atoms with Gasteiger partial charge in [-0.2, -0.15) is 0 Å². The molecule has 0 N–H and O–H groups in total. The third kappa shape index (κ3) is 3.19. The summed E-state index contributed by atoms with van der Waals surface area (Å²) in [6.07, 6.45) is 8.05. The lowest BCUT2D eigenvalue weighted by molar-refractivity contribution is -0.146. The monoisotopic (exact) mass is 348 g/mol. The standard InChI is InChI=1S/C20H26F2N2O/c21-17-7-6-15(12-18(17)22)13-23-10-3-8-20(19(23)25)9-11-24(14-20)16-4-1-2-5-16/h6-7,12,16H,1-5,8-11,13-14H2. The van der Waals surface area contributed by atoms with Crippen LogP contribution >= 0.6 is 0 Å². The lowest BCUT2D eigenvalue weighted by Gasteiger charge is -2.40. The normalized spacial score (nSPS) is 28.4. The van der Waals surface area contributed by atoms with Crippen molar-refractivity contribution in [1.29, 1.82) is 0 Å². The van der Waals surface area contributed by atoms with E-state index >= 15 is 0 Å². The Balaban J connectivity index is 1.46. The van der Waals surface area contributed by atoms with Gasteiger partial charge in [0.2, 0.25) is 5.91 Å². The van der Waals surface area contributed by atoms with Crippen LogP contribution < -0.4 is 0 Å². The van der Waals surface area contributed by atoms with E-state index in [-0.39, 0.29) is 11.3 Å². The van der Waals surface area contributed by atoms with Crippen LogP contribution in [0.2, 0.25) is 0 Å². The van der Waals surface area contributed by atoms with Gasteiger partial charge in [-0.1, -0.05) is 18.9 Å². The number of benzene rings is 1. The summed E-state index contributed by atoms with van der Waals surface area (Å²) in [5.41, 5.74) is 0.411. The molecule has 0 aromatic heterocycles. The Labute approximate surface area is 148 Å². The Hall–Kier alpha value is -1.49. The van der Waals surface area contributed by atoms with E-state index in [0.29, 0.717) is 24.7 Å². The van der Waals surface area contributed by atoms with Crippen molar-refractivity contribution in [3.8, 4) is 0 Å². The first-order valence-corrected chi connectivity index (χ1v) is 9.55. The molecule has 5 heteroatoms. The van der Waals surface area contributed by atoms with E-state index in [4.69, 9.17) is 0 Å². The van der Waals surface area contributed by atoms with Crippen molar-refractivity contribution in [2.75, 3.05) is 19.6 Å². The van der Waals surface area contributed by atoms with Crippen LogP contribution in [0.4, 0.5) is 8.78 Å². The predicted octanol–water partition coefficient (Wildman–Crippen LogP) is 3.72. The highest BCUT2D eigenvalue weighted by Crippen LogP contribution is 2.42. The van der Waals surface area contributed by atoms with Crippen LogP contribution in [0.3, 0.4) is 0 Å². The molecule has 1 spiro atoms. The number of nitrogens with zero attached hydrogens (tertiary/aromatic N) is 2. The van der Waals surface area contributed by atoms with E-state index in [1.807, 2.05) is 4.90 Å². The van der Waals surface area contributed by atoms with Crippen molar-refractivity contribution in [1.82, 2.24) is 9.80 Å². The molecule has 0 radical (unpaired) electrons. The number of hydrogen-bond acceptors (Lipinski definition) is 2. The molecule has 136 valence electrons. The second-order valence-electron chi connectivity index (χ2n) is 8.02. The van der Waals surface area contributed by atoms with Gasteiger partial charge in [0, 0.05) is 25.7 Å². The molecule has 1 aliphatic carbocycles. The van der Waals surface area contributed by atoms with Gasteiger partial charge in [0.15, 0.2) is 11.6 Å². The molecule has 2 aliphatic heterocycles. The van der Waals surface area contributed by atoms with Crippen molar-refractivity contribution in [3.05, 3.63) is 35.4 Å². The summed E-state index contributed by atoms with van der Waals surface area (Å²) in [7, 11) is 0. The van der Waals surface area contributed by atoms with Crippen LogP contribution in [0.1, 0.15) is 50.5 Å². The number of carbonyl (C=O) groups is 1. The number of halogens is 2. The number of amides is 1. The second-order valence-corrected chi connectivity index (χ2v) is 8.02. The van der Waals surface area contributed by atoms with E-state index in [0.717, 1.165) is 38.4 Å². The van der Waals surface area contributed by atoms with Gasteiger partial charge >= 0.3 is 0 Å². The molecule has 2 saturated heterocycles. The lowest BCUT2D eigenvalue weighted by Crippen LogP contribution is -2.50. The third-order valence-electron chi connectivity index (χ3n) is 6.41. The van der Waals surface area contributed by atoms with Crippen molar-refractivity contribution < 1.29 is 13.6 Å². The number of hydrogen-bond donors (Lipinski definition) is 0. The maximum absolute atomic E-state index is 13.5. The van der Waals surface area contributed by atoms with E-state index in [2.05, 4.69) is 4.90 Å². The molecule has 1 amide bonds. The Morgan fingerprint density at radius 3 is 2.60 bits per heavy atom. The fraction of sp³-hybridized carbons (Fsp3) is 0.650. The molecule has 1 aromatic carbocycles. The van der Waals surface area contributed by atoms with Gasteiger partial charge in [0.05, 0.1) is 5.41 Å². The minimum Gasteiger partial charge on any atom is -0.338 e. The van der Waals surface area contributed by atoms with Crippen LogP contribution in [0, 0.1) is 17.0 Å². The molecule has 1 aromatic rings. The summed E-state index contributed by atoms with van der Waals surface area (Å²) in [4.78, 5) is 17.6. The largest absolute Gasteiger partial charge is 0.338 e. The molecule has 1 saturated carbocycles. The minimum atomic E-state index is -0.843. The highest BCUT2D eigenvalue weighted by atomic mass is 19.2. The van der Waals surface area contributed by atoms with E-state index in [1.165, 1.54) is 31.7 Å². The first kappa shape index (κ1) is 17.0. The van der Waals surface area contributed by atoms with Gasteiger partial charge in [-0.05, 0) is 56.3 Å². The van der Waals surface area contributed by atoms with Gasteiger partial charge in [0.25, 0.3) is 0 Å². The van der Waals surface area contributed by atoms with Gasteiger partial charge in [-0.25, -0.2) is 8.78 Å². The first-order chi connectivity index (χ1) is 12.1. The van der Waals surface area contributed by atoms with Crippen molar-refractivity contribution in [3.63, 3.8) is 0 Å². The summed E-state index contributed by atoms with van der Waals surface area (Å²) < 4.78 is 26.6. The summed E-state index contributed by atoms with van der Waals surface area (Å²) in [6.45, 7) is 2.99. The SMILES string of the molecule is O=C1N(Cc2ccc(F)c(F)c2)CCCC12CCN(C1CCCC1)C2. The van der Waals surface area contributed by atoms with Gasteiger partial charge < -0.3 is 4.90 Å². The highest BCUT2D eigenvalue weighted by Gasteiger charge is 2.49. The molecule has 2 heterocycles. The second kappa shape index (κ2) is 6.67. The Bertz CT molecular complexity index is 659. The van der Waals surface area contributed by atoms with Gasteiger partial charge in [-0.3, -0.25) is 9.69 Å². The molecule has 1 unspecified atom stereocenters. The summed E-state index contributed by atoms with van der Waals surface area (Å²) in [5, 5.41) is 0. The third-order valence-corrected chi connectivity index (χ3v) is 6.41. The fourth-order valence-corrected chi connectivity index (χ4v) is 5.03. The van der Waals surface area contributed by atoms with Crippen LogP contribution in [-0.2, 0) is 11.3 Å². The van der Waals surface area contributed by atoms with Crippen molar-refractivity contribution >= 4 is 5.91 Å². The molecule has 3 aliphatic rings. The average Bonchev–Trinajstić information content (AvgIpc) is 3.26. The van der Waals surface area contributed by atoms with Crippen LogP contribution in [-0.4, -0.2) is 41.4 Å². The lowest BCUT2D eigenvalue weighted by atomic mass is 9.78. The maximum atomic E-state index is 13.5. The molecule has 0 bridgehead atoms. The molecule has 4 rings (SSSR count). The van der Waals surface area contributed by atoms with E-state index < -0.39 is 11.6 Å². The summed E-state index contributed by atoms with van der Waals surface area (Å²) >= 11 is 0. The molecule has 1 atom stereocenters. The van der Waals surface area contributed by atoms with Crippen LogP contribution in [0.5, 0.6) is 0 Å². The summed E-state index contributed by atoms with van der Waals surface area (Å²) in [5.74, 6) is -1.47. The topological polar surface area (TPSA) is 23.6 Å². The maximum Gasteiger partial charge on any atom is 0.230 e. The van der Waals surface area contributed by atoms with Gasteiger partial charge in [0.1, 0.15) is 0 Å². The number of piperidine rings is 1. The predicted molar refractivity (Wildman–Crippen MR) is 91.9 cm³/mol. The van der Waals surface area contributed by atoms with Crippen molar-refractivity contribution in [2.24, 2.45) is 5.41 Å². The van der Waals surface area contributed by atoms with Gasteiger partial charge in [-0.15, -0.1) is 0 Å². The minimum absolute atomic E-state index is 0.212. The van der Waals surface area contributed by atoms with E-state index in [1.54, 1.807) is 6.07 Å². The number of likely N-dealkylation sites (tertiary alicyclic amines) is 2. The summed E-state index contributed by atoms with van der Waals surface area (Å²) in [6, 6.07) is 4.59. The molecule has 3 nitrogen and oxygen atoms in total.